The van der Waals surface area contributed by atoms with Crippen molar-refractivity contribution < 1.29 is 22.7 Å². The minimum atomic E-state index is -4.52. The van der Waals surface area contributed by atoms with Gasteiger partial charge in [-0.25, -0.2) is 4.79 Å². The number of piperidine rings is 1. The molecule has 1 aliphatic rings. The summed E-state index contributed by atoms with van der Waals surface area (Å²) < 4.78 is 43.5. The number of anilines is 2. The van der Waals surface area contributed by atoms with Crippen LogP contribution in [0.4, 0.5) is 24.5 Å². The van der Waals surface area contributed by atoms with Crippen LogP contribution in [0.15, 0.2) is 18.2 Å². The molecule has 21 heavy (non-hydrogen) atoms. The van der Waals surface area contributed by atoms with Gasteiger partial charge in [-0.3, -0.25) is 0 Å². The van der Waals surface area contributed by atoms with E-state index in [9.17, 15) is 18.0 Å². The maximum absolute atomic E-state index is 12.9. The Morgan fingerprint density at radius 1 is 1.38 bits per heavy atom. The fraction of sp³-hybridized carbons (Fsp3) is 0.500. The van der Waals surface area contributed by atoms with Crippen molar-refractivity contribution in [2.45, 2.75) is 31.5 Å². The number of halogens is 3. The number of hydrogen-bond donors (Lipinski definition) is 1. The van der Waals surface area contributed by atoms with E-state index in [2.05, 4.69) is 0 Å². The van der Waals surface area contributed by atoms with Crippen LogP contribution in [0.2, 0.25) is 0 Å². The van der Waals surface area contributed by atoms with Crippen molar-refractivity contribution in [1.82, 2.24) is 0 Å². The van der Waals surface area contributed by atoms with Crippen LogP contribution < -0.4 is 10.6 Å². The van der Waals surface area contributed by atoms with Crippen molar-refractivity contribution in [3.05, 3.63) is 23.8 Å². The summed E-state index contributed by atoms with van der Waals surface area (Å²) in [6, 6.07) is 3.18. The van der Waals surface area contributed by atoms with Gasteiger partial charge in [-0.2, -0.15) is 13.2 Å². The molecule has 7 heteroatoms. The van der Waals surface area contributed by atoms with E-state index >= 15 is 0 Å². The largest absolute Gasteiger partial charge is 0.467 e. The van der Waals surface area contributed by atoms with Gasteiger partial charge in [-0.1, -0.05) is 0 Å². The molecule has 0 aliphatic carbocycles. The number of nitrogens with zero attached hydrogens (tertiary/aromatic N) is 1. The second kappa shape index (κ2) is 5.83. The smallest absolute Gasteiger partial charge is 0.418 e. The molecule has 0 bridgehead atoms. The quantitative estimate of drug-likeness (QED) is 0.674. The molecule has 1 aliphatic heterocycles. The summed E-state index contributed by atoms with van der Waals surface area (Å²) in [5.41, 5.74) is 4.53. The van der Waals surface area contributed by atoms with Gasteiger partial charge in [0, 0.05) is 17.9 Å². The van der Waals surface area contributed by atoms with Crippen LogP contribution in [0.5, 0.6) is 0 Å². The highest BCUT2D eigenvalue weighted by Gasteiger charge is 2.35. The molecular formula is C14H17F3N2O2. The average Bonchev–Trinajstić information content (AvgIpc) is 2.46. The van der Waals surface area contributed by atoms with Gasteiger partial charge < -0.3 is 15.4 Å². The summed E-state index contributed by atoms with van der Waals surface area (Å²) in [6.45, 7) is 0.515. The van der Waals surface area contributed by atoms with Crippen LogP contribution in [-0.2, 0) is 15.7 Å². The van der Waals surface area contributed by atoms with Crippen molar-refractivity contribution in [3.8, 4) is 0 Å². The van der Waals surface area contributed by atoms with E-state index < -0.39 is 23.8 Å². The van der Waals surface area contributed by atoms with Gasteiger partial charge in [-0.15, -0.1) is 0 Å². The molecule has 1 atom stereocenters. The maximum Gasteiger partial charge on any atom is 0.418 e. The molecule has 1 aromatic carbocycles. The van der Waals surface area contributed by atoms with E-state index in [1.165, 1.54) is 19.2 Å². The third kappa shape index (κ3) is 3.22. The van der Waals surface area contributed by atoms with Crippen LogP contribution >= 0.6 is 0 Å². The summed E-state index contributed by atoms with van der Waals surface area (Å²) >= 11 is 0. The van der Waals surface area contributed by atoms with Gasteiger partial charge in [-0.05, 0) is 37.5 Å². The summed E-state index contributed by atoms with van der Waals surface area (Å²) in [4.78, 5) is 13.4. The Bertz CT molecular complexity index is 531. The molecule has 2 rings (SSSR count). The van der Waals surface area contributed by atoms with Crippen molar-refractivity contribution in [2.75, 3.05) is 24.3 Å². The highest BCUT2D eigenvalue weighted by atomic mass is 19.4. The number of esters is 1. The normalized spacial score (nSPS) is 19.4. The maximum atomic E-state index is 12.9. The van der Waals surface area contributed by atoms with Crippen molar-refractivity contribution >= 4 is 17.3 Å². The molecular weight excluding hydrogens is 285 g/mol. The molecule has 4 nitrogen and oxygen atoms in total. The van der Waals surface area contributed by atoms with Gasteiger partial charge in [0.15, 0.2) is 0 Å². The van der Waals surface area contributed by atoms with Crippen molar-refractivity contribution in [2.24, 2.45) is 0 Å². The predicted octanol–water partition coefficient (Wildman–Crippen LogP) is 2.82. The molecule has 0 amide bonds. The molecule has 0 saturated carbocycles. The van der Waals surface area contributed by atoms with E-state index in [1.54, 1.807) is 4.90 Å². The number of alkyl halides is 3. The van der Waals surface area contributed by atoms with Gasteiger partial charge in [0.2, 0.25) is 0 Å². The molecule has 116 valence electrons. The highest BCUT2D eigenvalue weighted by molar-refractivity contribution is 5.80. The van der Waals surface area contributed by atoms with Crippen molar-refractivity contribution in [3.63, 3.8) is 0 Å². The number of ether oxygens (including phenoxy) is 1. The van der Waals surface area contributed by atoms with Crippen LogP contribution in [0.3, 0.4) is 0 Å². The second-order valence-corrected chi connectivity index (χ2v) is 5.00. The topological polar surface area (TPSA) is 55.6 Å². The lowest BCUT2D eigenvalue weighted by atomic mass is 10.0. The van der Waals surface area contributed by atoms with E-state index in [-0.39, 0.29) is 5.69 Å². The lowest BCUT2D eigenvalue weighted by molar-refractivity contribution is -0.142. The van der Waals surface area contributed by atoms with E-state index in [1.807, 2.05) is 0 Å². The number of methoxy groups -OCH3 is 1. The number of rotatable bonds is 2. The van der Waals surface area contributed by atoms with Crippen LogP contribution in [0.1, 0.15) is 24.8 Å². The fourth-order valence-corrected chi connectivity index (χ4v) is 2.59. The number of carbonyl (C=O) groups excluding carboxylic acids is 1. The molecule has 1 unspecified atom stereocenters. The first-order valence-electron chi connectivity index (χ1n) is 6.66. The lowest BCUT2D eigenvalue weighted by Gasteiger charge is -2.36. The first-order chi connectivity index (χ1) is 9.84. The third-order valence-corrected chi connectivity index (χ3v) is 3.65. The Morgan fingerprint density at radius 2 is 2.10 bits per heavy atom. The summed E-state index contributed by atoms with van der Waals surface area (Å²) in [5, 5.41) is 0. The minimum Gasteiger partial charge on any atom is -0.467 e. The van der Waals surface area contributed by atoms with E-state index in [0.717, 1.165) is 18.9 Å². The van der Waals surface area contributed by atoms with Crippen molar-refractivity contribution in [1.29, 1.82) is 0 Å². The Kier molecular flexibility index (Phi) is 4.29. The molecule has 0 aromatic heterocycles. The number of nitrogens with two attached hydrogens (primary N) is 1. The first kappa shape index (κ1) is 15.5. The lowest BCUT2D eigenvalue weighted by Crippen LogP contribution is -2.45. The van der Waals surface area contributed by atoms with Gasteiger partial charge >= 0.3 is 12.1 Å². The van der Waals surface area contributed by atoms with Gasteiger partial charge in [0.1, 0.15) is 6.04 Å². The fourth-order valence-electron chi connectivity index (χ4n) is 2.59. The molecule has 2 N–H and O–H groups in total. The minimum absolute atomic E-state index is 0.321. The standard InChI is InChI=1S/C14H17F3N2O2/c1-21-13(20)12-4-2-3-7-19(12)9-5-6-11(18)10(8-9)14(15,16)17/h5-6,8,12H,2-4,7,18H2,1H3. The van der Waals surface area contributed by atoms with Crippen LogP contribution in [-0.4, -0.2) is 25.7 Å². The number of carbonyl (C=O) groups is 1. The monoisotopic (exact) mass is 302 g/mol. The molecule has 0 spiro atoms. The average molecular weight is 302 g/mol. The molecule has 1 aromatic rings. The van der Waals surface area contributed by atoms with Crippen LogP contribution in [0, 0.1) is 0 Å². The summed E-state index contributed by atoms with van der Waals surface area (Å²) in [7, 11) is 1.28. The Labute approximate surface area is 120 Å². The molecule has 1 heterocycles. The SMILES string of the molecule is COC(=O)C1CCCCN1c1ccc(N)c(C(F)(F)F)c1. The Balaban J connectivity index is 2.37. The van der Waals surface area contributed by atoms with E-state index in [4.69, 9.17) is 10.5 Å². The third-order valence-electron chi connectivity index (χ3n) is 3.65. The zero-order chi connectivity index (χ0) is 15.6. The number of benzene rings is 1. The molecule has 1 fully saturated rings. The van der Waals surface area contributed by atoms with Crippen LogP contribution in [0.25, 0.3) is 0 Å². The number of nitrogen functional groups attached to an aromatic ring is 1. The van der Waals surface area contributed by atoms with Gasteiger partial charge in [0.25, 0.3) is 0 Å². The molecule has 0 radical (unpaired) electrons. The first-order valence-corrected chi connectivity index (χ1v) is 6.66. The summed E-state index contributed by atoms with van der Waals surface area (Å²) in [5.74, 6) is -0.430. The summed E-state index contributed by atoms with van der Waals surface area (Å²) in [6.07, 6.45) is -2.29. The zero-order valence-electron chi connectivity index (χ0n) is 11.6. The second-order valence-electron chi connectivity index (χ2n) is 5.00. The van der Waals surface area contributed by atoms with E-state index in [0.29, 0.717) is 18.7 Å². The Morgan fingerprint density at radius 3 is 2.71 bits per heavy atom. The highest BCUT2D eigenvalue weighted by Crippen LogP contribution is 2.37. The van der Waals surface area contributed by atoms with Gasteiger partial charge in [0.05, 0.1) is 12.7 Å². The zero-order valence-corrected chi connectivity index (χ0v) is 11.6. The molecule has 1 saturated heterocycles. The number of hydrogen-bond acceptors (Lipinski definition) is 4. The Hall–Kier alpha value is -1.92. The predicted molar refractivity (Wildman–Crippen MR) is 72.9 cm³/mol.